The van der Waals surface area contributed by atoms with Crippen LogP contribution in [0.1, 0.15) is 106 Å². The van der Waals surface area contributed by atoms with Crippen molar-refractivity contribution in [2.45, 2.75) is 127 Å². The van der Waals surface area contributed by atoms with Gasteiger partial charge in [-0.15, -0.1) is 0 Å². The van der Waals surface area contributed by atoms with E-state index in [9.17, 15) is 29.4 Å². The Bertz CT molecular complexity index is 1780. The van der Waals surface area contributed by atoms with Crippen LogP contribution in [0.25, 0.3) is 0 Å². The maximum atomic E-state index is 13.0. The number of carbonyl (C=O) groups excluding carboxylic acids is 2. The molecule has 2 unspecified atom stereocenters. The van der Waals surface area contributed by atoms with Gasteiger partial charge in [0.15, 0.2) is 0 Å². The first-order chi connectivity index (χ1) is 29.3. The van der Waals surface area contributed by atoms with Crippen LogP contribution in [-0.4, -0.2) is 64.3 Å². The second-order valence-corrected chi connectivity index (χ2v) is 16.0. The fourth-order valence-electron chi connectivity index (χ4n) is 8.38. The molecule has 0 saturated heterocycles. The van der Waals surface area contributed by atoms with Gasteiger partial charge in [-0.1, -0.05) is 192 Å². The van der Waals surface area contributed by atoms with Crippen molar-refractivity contribution in [1.82, 2.24) is 21.1 Å². The van der Waals surface area contributed by atoms with Crippen molar-refractivity contribution in [3.8, 4) is 0 Å². The molecule has 0 aliphatic rings. The Kier molecular flexibility index (Phi) is 21.7. The molecule has 60 heavy (non-hydrogen) atoms. The van der Waals surface area contributed by atoms with Crippen LogP contribution in [0.3, 0.4) is 0 Å². The van der Waals surface area contributed by atoms with Crippen molar-refractivity contribution >= 4 is 24.8 Å². The third-order valence-corrected chi connectivity index (χ3v) is 11.4. The third kappa shape index (κ3) is 17.1. The summed E-state index contributed by atoms with van der Waals surface area (Å²) in [7, 11) is 0. The lowest BCUT2D eigenvalue weighted by molar-refractivity contribution is -0.122. The number of hydrogen-bond acceptors (Lipinski definition) is 6. The first-order valence-electron chi connectivity index (χ1n) is 21.9. The van der Waals surface area contributed by atoms with Gasteiger partial charge in [-0.05, 0) is 60.9 Å². The first-order valence-corrected chi connectivity index (χ1v) is 21.9. The molecule has 0 spiro atoms. The van der Waals surface area contributed by atoms with Crippen LogP contribution in [-0.2, 0) is 35.3 Å². The van der Waals surface area contributed by atoms with E-state index in [2.05, 4.69) is 28.2 Å². The number of nitrogens with one attached hydrogen (secondary N) is 3. The summed E-state index contributed by atoms with van der Waals surface area (Å²) < 4.78 is 0. The van der Waals surface area contributed by atoms with Crippen LogP contribution in [0, 0.1) is 5.92 Å². The number of benzene rings is 4. The van der Waals surface area contributed by atoms with Crippen LogP contribution in [0.5, 0.6) is 0 Å². The Morgan fingerprint density at radius 1 is 0.533 bits per heavy atom. The molecule has 5 N–H and O–H groups in total. The van der Waals surface area contributed by atoms with Gasteiger partial charge in [0.25, 0.3) is 0 Å². The smallest absolute Gasteiger partial charge is 0.419 e. The highest BCUT2D eigenvalue weighted by atomic mass is 16.4. The minimum Gasteiger partial charge on any atom is -0.465 e. The van der Waals surface area contributed by atoms with Crippen LogP contribution in [0.4, 0.5) is 9.59 Å². The van der Waals surface area contributed by atoms with Gasteiger partial charge in [0.2, 0.25) is 0 Å². The Balaban J connectivity index is 1.34. The van der Waals surface area contributed by atoms with E-state index in [4.69, 9.17) is 0 Å². The summed E-state index contributed by atoms with van der Waals surface area (Å²) in [6, 6.07) is 37.6. The Morgan fingerprint density at radius 3 is 1.42 bits per heavy atom. The van der Waals surface area contributed by atoms with E-state index >= 15 is 0 Å². The van der Waals surface area contributed by atoms with Crippen LogP contribution < -0.4 is 16.1 Å². The Labute approximate surface area is 357 Å². The lowest BCUT2D eigenvalue weighted by Gasteiger charge is -2.50. The van der Waals surface area contributed by atoms with Crippen LogP contribution in [0.15, 0.2) is 121 Å². The summed E-state index contributed by atoms with van der Waals surface area (Å²) >= 11 is 0. The van der Waals surface area contributed by atoms with E-state index in [-0.39, 0.29) is 18.9 Å². The van der Waals surface area contributed by atoms with Crippen molar-refractivity contribution in [1.29, 1.82) is 0 Å². The number of unbranched alkanes of at least 4 members (excludes halogenated alkanes) is 11. The molecule has 0 aromatic heterocycles. The van der Waals surface area contributed by atoms with Gasteiger partial charge in [0.1, 0.15) is 18.2 Å². The van der Waals surface area contributed by atoms with Crippen molar-refractivity contribution in [2.75, 3.05) is 6.54 Å². The molecule has 0 bridgehead atoms. The molecule has 4 aromatic rings. The second kappa shape index (κ2) is 27.4. The van der Waals surface area contributed by atoms with E-state index in [1.807, 2.05) is 109 Å². The molecule has 322 valence electrons. The lowest BCUT2D eigenvalue weighted by atomic mass is 9.77. The van der Waals surface area contributed by atoms with E-state index in [1.54, 1.807) is 0 Å². The largest absolute Gasteiger partial charge is 0.465 e. The number of carboxylic acid groups (broad SMARTS) is 2. The number of carbonyl (C=O) groups is 4. The zero-order chi connectivity index (χ0) is 42.7. The van der Waals surface area contributed by atoms with E-state index in [0.29, 0.717) is 19.1 Å². The third-order valence-electron chi connectivity index (χ3n) is 11.4. The first kappa shape index (κ1) is 47.4. The number of aldehydes is 2. The quantitative estimate of drug-likeness (QED) is 0.0146. The maximum Gasteiger partial charge on any atom is 0.419 e. The molecule has 0 radical (unpaired) electrons. The summed E-state index contributed by atoms with van der Waals surface area (Å²) in [5, 5.41) is 28.4. The summed E-state index contributed by atoms with van der Waals surface area (Å²) in [5.74, 6) is -0.419. The highest BCUT2D eigenvalue weighted by Gasteiger charge is 2.49. The number of amides is 2. The predicted octanol–water partition coefficient (Wildman–Crippen LogP) is 9.82. The zero-order valence-electron chi connectivity index (χ0n) is 35.1. The summed E-state index contributed by atoms with van der Waals surface area (Å²) in [4.78, 5) is 50.0. The average Bonchev–Trinajstić information content (AvgIpc) is 3.26. The molecule has 4 atom stereocenters. The van der Waals surface area contributed by atoms with Crippen LogP contribution >= 0.6 is 0 Å². The molecular weight excluding hydrogens is 753 g/mol. The molecule has 0 aliphatic carbocycles. The molecule has 0 saturated carbocycles. The number of hydrogen-bond donors (Lipinski definition) is 5. The van der Waals surface area contributed by atoms with Gasteiger partial charge in [0, 0.05) is 12.3 Å². The lowest BCUT2D eigenvalue weighted by Crippen LogP contribution is -2.73. The number of nitrogens with zero attached hydrogens (tertiary/aromatic N) is 1. The van der Waals surface area contributed by atoms with Crippen molar-refractivity contribution in [3.63, 3.8) is 0 Å². The average molecular weight is 819 g/mol. The molecule has 0 heterocycles. The molecule has 0 fully saturated rings. The fourth-order valence-corrected chi connectivity index (χ4v) is 8.38. The zero-order valence-corrected chi connectivity index (χ0v) is 35.1. The Hall–Kier alpha value is -5.32. The van der Waals surface area contributed by atoms with E-state index < -0.39 is 29.8 Å². The van der Waals surface area contributed by atoms with Gasteiger partial charge in [-0.25, -0.2) is 9.59 Å². The topological polar surface area (TPSA) is 148 Å². The van der Waals surface area contributed by atoms with Crippen LogP contribution in [0.2, 0.25) is 0 Å². The van der Waals surface area contributed by atoms with E-state index in [0.717, 1.165) is 74.5 Å². The predicted molar refractivity (Wildman–Crippen MR) is 239 cm³/mol. The molecule has 10 heteroatoms. The second-order valence-electron chi connectivity index (χ2n) is 16.0. The summed E-state index contributed by atoms with van der Waals surface area (Å²) in [6.07, 6.45) is 14.6. The fraction of sp³-hybridized carbons (Fsp3) is 0.440. The van der Waals surface area contributed by atoms with Crippen molar-refractivity contribution < 1.29 is 29.4 Å². The number of hydrazine groups is 1. The monoisotopic (exact) mass is 818 g/mol. The van der Waals surface area contributed by atoms with Gasteiger partial charge in [-0.2, -0.15) is 5.01 Å². The standard InChI is InChI=1S/C50H66N4O6/c55-39-46(36-42-27-17-12-18-28-42)51-34-24-10-8-6-4-2-1-3-5-7-9-23-33-45(35-41-25-15-11-16-26-41)50(52-48(57)58,38-44-31-21-14-22-32-44)54(53-49(59)60)47(40-56)37-43-29-19-13-20-30-43/h11-22,25-32,39-40,45-47,51-53H,1-10,23-24,33-38H2,(H,57,58)(H,59,60)/t45-,46?,47-,50?/m0/s1. The highest BCUT2D eigenvalue weighted by molar-refractivity contribution is 5.68. The minimum absolute atomic E-state index is 0.128. The molecule has 0 aliphatic heterocycles. The highest BCUT2D eigenvalue weighted by Crippen LogP contribution is 2.35. The Morgan fingerprint density at radius 2 is 0.967 bits per heavy atom. The van der Waals surface area contributed by atoms with Crippen molar-refractivity contribution in [2.24, 2.45) is 5.92 Å². The molecule has 2 amide bonds. The van der Waals surface area contributed by atoms with Gasteiger partial charge in [0.05, 0.1) is 12.1 Å². The molecule has 10 nitrogen and oxygen atoms in total. The SMILES string of the molecule is O=CC(Cc1ccccc1)NCCCCCCCCCCCCCC[C@@H](Cc1ccccc1)C(Cc1ccccc1)(NC(=O)O)N(NC(=O)O)[C@H](C=O)Cc1ccccc1. The number of rotatable bonds is 31. The van der Waals surface area contributed by atoms with Gasteiger partial charge in [-0.3, -0.25) is 5.43 Å². The minimum atomic E-state index is -1.53. The summed E-state index contributed by atoms with van der Waals surface area (Å²) in [5.41, 5.74) is 4.80. The normalized spacial score (nSPS) is 13.8. The van der Waals surface area contributed by atoms with Gasteiger partial charge < -0.3 is 30.4 Å². The summed E-state index contributed by atoms with van der Waals surface area (Å²) in [6.45, 7) is 0.859. The van der Waals surface area contributed by atoms with Gasteiger partial charge >= 0.3 is 12.2 Å². The maximum absolute atomic E-state index is 13.0. The molecule has 4 aromatic carbocycles. The molecular formula is C50H66N4O6. The van der Waals surface area contributed by atoms with Crippen molar-refractivity contribution in [3.05, 3.63) is 144 Å². The molecule has 4 rings (SSSR count). The van der Waals surface area contributed by atoms with E-state index in [1.165, 1.54) is 49.1 Å².